The van der Waals surface area contributed by atoms with Crippen LogP contribution in [-0.4, -0.2) is 46.0 Å². The maximum atomic E-state index is 11.0. The molecule has 0 saturated carbocycles. The average Bonchev–Trinajstić information content (AvgIpc) is 3.38. The summed E-state index contributed by atoms with van der Waals surface area (Å²) in [6, 6.07) is 9.82. The van der Waals surface area contributed by atoms with Crippen LogP contribution in [0.15, 0.2) is 58.0 Å². The fourth-order valence-corrected chi connectivity index (χ4v) is 3.11. The third-order valence-electron chi connectivity index (χ3n) is 4.10. The van der Waals surface area contributed by atoms with Gasteiger partial charge >= 0.3 is 5.97 Å². The van der Waals surface area contributed by atoms with Crippen molar-refractivity contribution in [2.24, 2.45) is 0 Å². The van der Waals surface area contributed by atoms with Gasteiger partial charge in [0.2, 0.25) is 0 Å². The highest BCUT2D eigenvalue weighted by Crippen LogP contribution is 2.25. The Morgan fingerprint density at radius 3 is 2.00 bits per heavy atom. The molecule has 0 spiro atoms. The number of hydrogen-bond donors (Lipinski definition) is 1. The number of aromatic nitrogens is 6. The van der Waals surface area contributed by atoms with Gasteiger partial charge in [0.25, 0.3) is 5.69 Å². The minimum absolute atomic E-state index is 0.0365. The van der Waals surface area contributed by atoms with E-state index in [0.717, 1.165) is 11.1 Å². The number of carboxylic acid groups (broad SMARTS) is 1. The molecular weight excluding hydrogens is 550 g/mol. The van der Waals surface area contributed by atoms with Gasteiger partial charge in [-0.25, -0.2) is 4.79 Å². The molecule has 2 aromatic carbocycles. The maximum Gasteiger partial charge on any atom is 0.337 e. The van der Waals surface area contributed by atoms with Crippen molar-refractivity contribution in [3.05, 3.63) is 84.8 Å². The number of carboxylic acids is 1. The normalized spacial score (nSPS) is 10.4. The summed E-state index contributed by atoms with van der Waals surface area (Å²) in [5.74, 6) is -0.984. The molecule has 164 valence electrons. The lowest BCUT2D eigenvalue weighted by molar-refractivity contribution is -0.384. The van der Waals surface area contributed by atoms with Gasteiger partial charge in [-0.3, -0.25) is 10.1 Å². The van der Waals surface area contributed by atoms with E-state index in [4.69, 9.17) is 5.11 Å². The Bertz CT molecular complexity index is 1270. The summed E-state index contributed by atoms with van der Waals surface area (Å²) >= 11 is 6.36. The third-order valence-corrected chi connectivity index (χ3v) is 5.70. The molecule has 32 heavy (non-hydrogen) atoms. The molecule has 0 bridgehead atoms. The smallest absolute Gasteiger partial charge is 0.337 e. The second-order valence-electron chi connectivity index (χ2n) is 6.46. The molecule has 0 saturated heterocycles. The molecule has 0 amide bonds. The first-order valence-corrected chi connectivity index (χ1v) is 10.5. The highest BCUT2D eigenvalue weighted by molar-refractivity contribution is 9.13. The molecule has 11 nitrogen and oxygen atoms in total. The summed E-state index contributed by atoms with van der Waals surface area (Å²) in [6.45, 7) is 3.74. The highest BCUT2D eigenvalue weighted by atomic mass is 79.9. The van der Waals surface area contributed by atoms with Crippen LogP contribution in [0.1, 0.15) is 21.5 Å². The summed E-state index contributed by atoms with van der Waals surface area (Å²) in [5.41, 5.74) is 2.83. The highest BCUT2D eigenvalue weighted by Gasteiger charge is 2.18. The number of rotatable bonds is 4. The number of aryl methyl sites for hydroxylation is 2. The monoisotopic (exact) mass is 563 g/mol. The fourth-order valence-electron chi connectivity index (χ4n) is 2.66. The Labute approximate surface area is 198 Å². The molecule has 4 rings (SSSR count). The van der Waals surface area contributed by atoms with Crippen LogP contribution in [0.3, 0.4) is 0 Å². The number of benzene rings is 2. The quantitative estimate of drug-likeness (QED) is 0.286. The van der Waals surface area contributed by atoms with E-state index in [1.165, 1.54) is 28.1 Å². The first-order valence-electron chi connectivity index (χ1n) is 8.91. The van der Waals surface area contributed by atoms with Gasteiger partial charge in [-0.15, -0.1) is 15.0 Å². The zero-order valence-electron chi connectivity index (χ0n) is 16.7. The van der Waals surface area contributed by atoms with Gasteiger partial charge in [0, 0.05) is 6.07 Å². The van der Waals surface area contributed by atoms with E-state index in [1.807, 2.05) is 13.8 Å². The Morgan fingerprint density at radius 1 is 0.938 bits per heavy atom. The number of hydrogen-bond acceptors (Lipinski definition) is 7. The van der Waals surface area contributed by atoms with Crippen molar-refractivity contribution >= 4 is 43.5 Å². The van der Waals surface area contributed by atoms with Crippen LogP contribution in [0.5, 0.6) is 0 Å². The van der Waals surface area contributed by atoms with Crippen molar-refractivity contribution in [2.45, 2.75) is 13.8 Å². The molecule has 2 heterocycles. The predicted molar refractivity (Wildman–Crippen MR) is 121 cm³/mol. The van der Waals surface area contributed by atoms with Gasteiger partial charge in [0.1, 0.15) is 5.69 Å². The zero-order valence-corrected chi connectivity index (χ0v) is 19.8. The zero-order chi connectivity index (χ0) is 23.4. The molecule has 0 unspecified atom stereocenters. The second kappa shape index (κ2) is 9.78. The lowest BCUT2D eigenvalue weighted by Crippen LogP contribution is -2.08. The molecule has 13 heteroatoms. The predicted octanol–water partition coefficient (Wildman–Crippen LogP) is 4.28. The van der Waals surface area contributed by atoms with Crippen molar-refractivity contribution in [1.29, 1.82) is 0 Å². The average molecular weight is 565 g/mol. The number of nitrogens with zero attached hydrogens (tertiary/aromatic N) is 7. The summed E-state index contributed by atoms with van der Waals surface area (Å²) in [7, 11) is 0. The van der Waals surface area contributed by atoms with E-state index in [1.54, 1.807) is 30.3 Å². The molecule has 1 N–H and O–H groups in total. The Morgan fingerprint density at radius 2 is 1.47 bits per heavy atom. The van der Waals surface area contributed by atoms with Gasteiger partial charge in [-0.2, -0.15) is 15.0 Å². The molecule has 0 aliphatic rings. The van der Waals surface area contributed by atoms with Crippen molar-refractivity contribution in [2.75, 3.05) is 0 Å². The number of halogens is 2. The van der Waals surface area contributed by atoms with Gasteiger partial charge in [-0.1, -0.05) is 12.1 Å². The molecular formula is C19H15Br2N7O4. The molecule has 0 aliphatic carbocycles. The van der Waals surface area contributed by atoms with Crippen molar-refractivity contribution in [1.82, 2.24) is 30.0 Å². The van der Waals surface area contributed by atoms with Crippen molar-refractivity contribution in [3.8, 4) is 11.4 Å². The van der Waals surface area contributed by atoms with E-state index in [0.29, 0.717) is 20.6 Å². The van der Waals surface area contributed by atoms with Crippen LogP contribution in [-0.2, 0) is 0 Å². The van der Waals surface area contributed by atoms with Crippen LogP contribution < -0.4 is 0 Å². The summed E-state index contributed by atoms with van der Waals surface area (Å²) in [5, 5.41) is 35.8. The first kappa shape index (κ1) is 23.2. The summed E-state index contributed by atoms with van der Waals surface area (Å²) in [6.07, 6.45) is 3.02. The van der Waals surface area contributed by atoms with E-state index < -0.39 is 10.9 Å². The lowest BCUT2D eigenvalue weighted by atomic mass is 10.1. The first-order chi connectivity index (χ1) is 15.2. The number of nitro groups is 1. The van der Waals surface area contributed by atoms with E-state index in [2.05, 4.69) is 52.3 Å². The van der Waals surface area contributed by atoms with Crippen molar-refractivity contribution in [3.63, 3.8) is 0 Å². The van der Waals surface area contributed by atoms with Crippen molar-refractivity contribution < 1.29 is 14.8 Å². The summed E-state index contributed by atoms with van der Waals surface area (Å²) in [4.78, 5) is 23.9. The largest absolute Gasteiger partial charge is 0.478 e. The van der Waals surface area contributed by atoms with Crippen LogP contribution >= 0.6 is 31.9 Å². The lowest BCUT2D eigenvalue weighted by Gasteiger charge is -2.05. The van der Waals surface area contributed by atoms with Crippen LogP contribution in [0.4, 0.5) is 5.69 Å². The molecule has 0 atom stereocenters. The topological polar surface area (TPSA) is 142 Å². The van der Waals surface area contributed by atoms with Crippen LogP contribution in [0.2, 0.25) is 0 Å². The molecule has 0 radical (unpaired) electrons. The number of nitro benzene ring substituents is 1. The fraction of sp³-hybridized carbons (Fsp3) is 0.105. The molecule has 0 aliphatic heterocycles. The SMILES string of the molecule is Cc1ccc(C(=O)O)c(-n2nccn2)c1.Cc1ccc([N+](=O)[O-])c(-n2nc(Br)c(Br)n2)c1. The Balaban J connectivity index is 0.000000182. The number of aromatic carboxylic acids is 1. The standard InChI is InChI=1S/C10H9N3O2.C9H6Br2N4O2/c1-7-2-3-8(10(14)15)9(6-7)13-11-4-5-12-13;1-5-2-3-6(15(16)17)7(4-5)14-12-8(10)9(11)13-14/h2-6H,1H3,(H,14,15);2-4H,1H3. The van der Waals surface area contributed by atoms with Crippen LogP contribution in [0, 0.1) is 24.0 Å². The molecule has 4 aromatic rings. The summed E-state index contributed by atoms with van der Waals surface area (Å²) < 4.78 is 0.988. The minimum Gasteiger partial charge on any atom is -0.478 e. The minimum atomic E-state index is -0.984. The van der Waals surface area contributed by atoms with E-state index in [9.17, 15) is 14.9 Å². The second-order valence-corrected chi connectivity index (χ2v) is 7.97. The maximum absolute atomic E-state index is 11.0. The van der Waals surface area contributed by atoms with Gasteiger partial charge in [0.15, 0.2) is 14.9 Å². The molecule has 0 fully saturated rings. The van der Waals surface area contributed by atoms with Gasteiger partial charge in [0.05, 0.1) is 22.9 Å². The van der Waals surface area contributed by atoms with Gasteiger partial charge < -0.3 is 5.11 Å². The van der Waals surface area contributed by atoms with E-state index >= 15 is 0 Å². The Hall–Kier alpha value is -3.45. The van der Waals surface area contributed by atoms with Crippen LogP contribution in [0.25, 0.3) is 11.4 Å². The third kappa shape index (κ3) is 5.23. The molecule has 2 aromatic heterocycles. The number of carbonyl (C=O) groups is 1. The van der Waals surface area contributed by atoms with E-state index in [-0.39, 0.29) is 11.3 Å². The Kier molecular flexibility index (Phi) is 7.10. The van der Waals surface area contributed by atoms with Gasteiger partial charge in [-0.05, 0) is 75.0 Å².